The van der Waals surface area contributed by atoms with Gasteiger partial charge in [0.1, 0.15) is 11.9 Å². The zero-order valence-electron chi connectivity index (χ0n) is 11.9. The maximum absolute atomic E-state index is 11.4. The first-order valence-corrected chi connectivity index (χ1v) is 6.49. The van der Waals surface area contributed by atoms with Gasteiger partial charge in [-0.2, -0.15) is 5.48 Å². The van der Waals surface area contributed by atoms with Crippen molar-refractivity contribution >= 4 is 12.4 Å². The molecule has 1 N–H and O–H groups in total. The number of amides is 1. The van der Waals surface area contributed by atoms with E-state index in [0.29, 0.717) is 19.6 Å². The lowest BCUT2D eigenvalue weighted by Crippen LogP contribution is -2.39. The maximum atomic E-state index is 11.4. The number of hydroxylamine groups is 1. The Morgan fingerprint density at radius 2 is 2.00 bits per heavy atom. The van der Waals surface area contributed by atoms with E-state index < -0.39 is 11.7 Å². The summed E-state index contributed by atoms with van der Waals surface area (Å²) in [5.74, 6) is 0. The molecule has 0 aromatic heterocycles. The molecule has 0 bridgehead atoms. The van der Waals surface area contributed by atoms with Crippen LogP contribution >= 0.6 is 0 Å². The Morgan fingerprint density at radius 1 is 1.37 bits per heavy atom. The van der Waals surface area contributed by atoms with E-state index >= 15 is 0 Å². The van der Waals surface area contributed by atoms with Gasteiger partial charge in [0, 0.05) is 25.0 Å². The fourth-order valence-corrected chi connectivity index (χ4v) is 1.94. The number of carbonyl (C=O) groups is 2. The molecule has 1 amide bonds. The van der Waals surface area contributed by atoms with Gasteiger partial charge in [0.25, 0.3) is 0 Å². The number of nitrogens with one attached hydrogen (secondary N) is 1. The van der Waals surface area contributed by atoms with Gasteiger partial charge >= 0.3 is 6.09 Å². The summed E-state index contributed by atoms with van der Waals surface area (Å²) in [4.78, 5) is 27.4. The van der Waals surface area contributed by atoms with Crippen LogP contribution in [0.1, 0.15) is 40.0 Å². The molecule has 0 radical (unpaired) electrons. The Balaban J connectivity index is 2.36. The monoisotopic (exact) mass is 273 g/mol. The number of ether oxygens (including phenoxy) is 2. The second kappa shape index (κ2) is 6.86. The van der Waals surface area contributed by atoms with E-state index in [4.69, 9.17) is 14.3 Å². The number of aldehydes is 1. The van der Waals surface area contributed by atoms with Gasteiger partial charge in [-0.25, -0.2) is 4.79 Å². The second-order valence-corrected chi connectivity index (χ2v) is 5.88. The van der Waals surface area contributed by atoms with E-state index in [1.165, 1.54) is 0 Å². The molecular weight excluding hydrogens is 250 g/mol. The van der Waals surface area contributed by atoms with Gasteiger partial charge < -0.3 is 14.3 Å². The van der Waals surface area contributed by atoms with Gasteiger partial charge in [0.15, 0.2) is 0 Å². The topological polar surface area (TPSA) is 73.9 Å². The second-order valence-electron chi connectivity index (χ2n) is 5.88. The van der Waals surface area contributed by atoms with Gasteiger partial charge in [-0.1, -0.05) is 0 Å². The SMILES string of the molecule is CC(C)(C)OC(=O)NOCC1(CC=O)CCOCC1. The third kappa shape index (κ3) is 6.02. The summed E-state index contributed by atoms with van der Waals surface area (Å²) in [7, 11) is 0. The van der Waals surface area contributed by atoms with Crippen molar-refractivity contribution < 1.29 is 23.9 Å². The van der Waals surface area contributed by atoms with E-state index in [0.717, 1.165) is 19.1 Å². The average molecular weight is 273 g/mol. The molecule has 1 aliphatic heterocycles. The Hall–Kier alpha value is -1.14. The smallest absolute Gasteiger partial charge is 0.431 e. The average Bonchev–Trinajstić information content (AvgIpc) is 2.28. The van der Waals surface area contributed by atoms with E-state index in [1.54, 1.807) is 20.8 Å². The first-order chi connectivity index (χ1) is 8.87. The molecule has 0 aromatic rings. The van der Waals surface area contributed by atoms with Crippen molar-refractivity contribution in [1.82, 2.24) is 5.48 Å². The largest absolute Gasteiger partial charge is 0.442 e. The highest BCUT2D eigenvalue weighted by Gasteiger charge is 2.33. The summed E-state index contributed by atoms with van der Waals surface area (Å²) >= 11 is 0. The van der Waals surface area contributed by atoms with Crippen molar-refractivity contribution in [1.29, 1.82) is 0 Å². The van der Waals surface area contributed by atoms with Crippen LogP contribution in [0, 0.1) is 5.41 Å². The van der Waals surface area contributed by atoms with E-state index in [-0.39, 0.29) is 12.0 Å². The molecule has 0 saturated carbocycles. The van der Waals surface area contributed by atoms with Crippen LogP contribution in [0.4, 0.5) is 4.79 Å². The predicted octanol–water partition coefficient (Wildman–Crippen LogP) is 1.83. The lowest BCUT2D eigenvalue weighted by atomic mass is 9.78. The highest BCUT2D eigenvalue weighted by Crippen LogP contribution is 2.33. The van der Waals surface area contributed by atoms with Gasteiger partial charge in [0.05, 0.1) is 6.61 Å². The third-order valence-electron chi connectivity index (χ3n) is 3.00. The molecule has 19 heavy (non-hydrogen) atoms. The fraction of sp³-hybridized carbons (Fsp3) is 0.846. The van der Waals surface area contributed by atoms with Crippen LogP contribution in [-0.4, -0.2) is 37.8 Å². The van der Waals surface area contributed by atoms with Crippen molar-refractivity contribution in [2.75, 3.05) is 19.8 Å². The Labute approximate surface area is 113 Å². The molecular formula is C13H23NO5. The minimum absolute atomic E-state index is 0.241. The molecule has 0 atom stereocenters. The summed E-state index contributed by atoms with van der Waals surface area (Å²) in [5, 5.41) is 0. The highest BCUT2D eigenvalue weighted by atomic mass is 16.7. The molecule has 6 nitrogen and oxygen atoms in total. The van der Waals surface area contributed by atoms with Crippen LogP contribution in [0.3, 0.4) is 0 Å². The summed E-state index contributed by atoms with van der Waals surface area (Å²) in [6.45, 7) is 6.85. The van der Waals surface area contributed by atoms with Gasteiger partial charge in [-0.05, 0) is 33.6 Å². The molecule has 1 rings (SSSR count). The van der Waals surface area contributed by atoms with Gasteiger partial charge in [0.2, 0.25) is 0 Å². The van der Waals surface area contributed by atoms with Crippen LogP contribution in [0.25, 0.3) is 0 Å². The molecule has 1 fully saturated rings. The molecule has 0 aliphatic carbocycles. The fourth-order valence-electron chi connectivity index (χ4n) is 1.94. The maximum Gasteiger partial charge on any atom is 0.431 e. The van der Waals surface area contributed by atoms with Crippen molar-refractivity contribution in [2.24, 2.45) is 5.41 Å². The van der Waals surface area contributed by atoms with Crippen LogP contribution in [0.2, 0.25) is 0 Å². The van der Waals surface area contributed by atoms with E-state index in [1.807, 2.05) is 0 Å². The first kappa shape index (κ1) is 15.9. The van der Waals surface area contributed by atoms with E-state index in [2.05, 4.69) is 5.48 Å². The Bertz CT molecular complexity index is 305. The standard InChI is InChI=1S/C13H23NO5/c1-12(2,3)19-11(16)14-18-10-13(4-7-15)5-8-17-9-6-13/h7H,4-6,8-10H2,1-3H3,(H,14,16). The van der Waals surface area contributed by atoms with E-state index in [9.17, 15) is 9.59 Å². The third-order valence-corrected chi connectivity index (χ3v) is 3.00. The summed E-state index contributed by atoms with van der Waals surface area (Å²) in [6, 6.07) is 0. The molecule has 1 heterocycles. The lowest BCUT2D eigenvalue weighted by Gasteiger charge is -2.35. The molecule has 0 unspecified atom stereocenters. The van der Waals surface area contributed by atoms with Gasteiger partial charge in [-0.15, -0.1) is 0 Å². The van der Waals surface area contributed by atoms with Crippen LogP contribution in [-0.2, 0) is 19.1 Å². The van der Waals surface area contributed by atoms with Gasteiger partial charge in [-0.3, -0.25) is 4.84 Å². The summed E-state index contributed by atoms with van der Waals surface area (Å²) < 4.78 is 10.3. The Kier molecular flexibility index (Phi) is 5.75. The number of rotatable bonds is 5. The summed E-state index contributed by atoms with van der Waals surface area (Å²) in [5.41, 5.74) is 1.45. The minimum Gasteiger partial charge on any atom is -0.442 e. The van der Waals surface area contributed by atoms with Crippen molar-refractivity contribution in [2.45, 2.75) is 45.6 Å². The minimum atomic E-state index is -0.624. The lowest BCUT2D eigenvalue weighted by molar-refractivity contribution is -0.116. The van der Waals surface area contributed by atoms with Crippen molar-refractivity contribution in [3.63, 3.8) is 0 Å². The predicted molar refractivity (Wildman–Crippen MR) is 68.5 cm³/mol. The van der Waals surface area contributed by atoms with Crippen molar-refractivity contribution in [3.8, 4) is 0 Å². The zero-order valence-corrected chi connectivity index (χ0v) is 11.9. The number of hydrogen-bond donors (Lipinski definition) is 1. The molecule has 1 aliphatic rings. The molecule has 0 spiro atoms. The Morgan fingerprint density at radius 3 is 2.53 bits per heavy atom. The highest BCUT2D eigenvalue weighted by molar-refractivity contribution is 5.66. The number of hydrogen-bond acceptors (Lipinski definition) is 5. The molecule has 0 aromatic carbocycles. The molecule has 110 valence electrons. The van der Waals surface area contributed by atoms with Crippen LogP contribution in [0.15, 0.2) is 0 Å². The molecule has 1 saturated heterocycles. The first-order valence-electron chi connectivity index (χ1n) is 6.49. The zero-order chi connectivity index (χ0) is 14.4. The van der Waals surface area contributed by atoms with Crippen LogP contribution < -0.4 is 5.48 Å². The normalized spacial score (nSPS) is 18.7. The quantitative estimate of drug-likeness (QED) is 0.611. The van der Waals surface area contributed by atoms with Crippen LogP contribution in [0.5, 0.6) is 0 Å². The molecule has 6 heteroatoms. The summed E-state index contributed by atoms with van der Waals surface area (Å²) in [6.07, 6.45) is 2.18. The van der Waals surface area contributed by atoms with Crippen molar-refractivity contribution in [3.05, 3.63) is 0 Å². The number of carbonyl (C=O) groups excluding carboxylic acids is 2.